The van der Waals surface area contributed by atoms with Gasteiger partial charge in [-0.3, -0.25) is 4.79 Å². The summed E-state index contributed by atoms with van der Waals surface area (Å²) in [6, 6.07) is -0.892. The molecule has 1 N–H and O–H groups in total. The molecule has 104 valence electrons. The van der Waals surface area contributed by atoms with Crippen LogP contribution in [0.2, 0.25) is 0 Å². The van der Waals surface area contributed by atoms with Gasteiger partial charge in [0.25, 0.3) is 0 Å². The molecule has 3 fully saturated rings. The molecule has 8 nitrogen and oxygen atoms in total. The lowest BCUT2D eigenvalue weighted by molar-refractivity contribution is 0.0226. The maximum Gasteiger partial charge on any atom is 0.410 e. The van der Waals surface area contributed by atoms with Crippen LogP contribution in [-0.4, -0.2) is 41.3 Å². The number of azide groups is 1. The molecule has 0 aromatic carbocycles. The summed E-state index contributed by atoms with van der Waals surface area (Å²) in [5.41, 5.74) is 7.63. The minimum atomic E-state index is -0.701. The first kappa shape index (κ1) is 13.5. The van der Waals surface area contributed by atoms with Crippen molar-refractivity contribution in [2.45, 2.75) is 44.9 Å². The van der Waals surface area contributed by atoms with Crippen molar-refractivity contribution in [1.29, 1.82) is 0 Å². The number of hydrogen-bond donors (Lipinski definition) is 1. The van der Waals surface area contributed by atoms with Gasteiger partial charge in [0.2, 0.25) is 0 Å². The normalized spacial score (nSPS) is 28.2. The van der Waals surface area contributed by atoms with Gasteiger partial charge in [-0.1, -0.05) is 0 Å². The number of hydrogen-bond acceptors (Lipinski definition) is 3. The second-order valence-corrected chi connectivity index (χ2v) is 5.86. The molecule has 0 aromatic heterocycles. The van der Waals surface area contributed by atoms with E-state index in [9.17, 15) is 9.59 Å². The summed E-state index contributed by atoms with van der Waals surface area (Å²) in [7, 11) is 0. The Morgan fingerprint density at radius 2 is 2.16 bits per heavy atom. The van der Waals surface area contributed by atoms with Crippen LogP contribution in [0.4, 0.5) is 9.59 Å². The Morgan fingerprint density at radius 3 is 2.74 bits per heavy atom. The van der Waals surface area contributed by atoms with E-state index < -0.39 is 11.6 Å². The van der Waals surface area contributed by atoms with E-state index in [0.29, 0.717) is 6.54 Å². The van der Waals surface area contributed by atoms with Gasteiger partial charge in [-0.05, 0) is 32.7 Å². The zero-order chi connectivity index (χ0) is 14.2. The van der Waals surface area contributed by atoms with E-state index in [4.69, 9.17) is 10.3 Å². The lowest BCUT2D eigenvalue weighted by atomic mass is 9.80. The van der Waals surface area contributed by atoms with Crippen LogP contribution in [0.15, 0.2) is 5.11 Å². The topological polar surface area (TPSA) is 107 Å². The Kier molecular flexibility index (Phi) is 3.28. The van der Waals surface area contributed by atoms with Crippen molar-refractivity contribution < 1.29 is 14.3 Å². The number of ether oxygens (including phenoxy) is 1. The monoisotopic (exact) mass is 267 g/mol. The fraction of sp³-hybridized carbons (Fsp3) is 0.818. The smallest absolute Gasteiger partial charge is 0.410 e. The van der Waals surface area contributed by atoms with E-state index in [1.54, 1.807) is 4.90 Å². The van der Waals surface area contributed by atoms with Crippen LogP contribution in [0.25, 0.3) is 10.4 Å². The summed E-state index contributed by atoms with van der Waals surface area (Å²) in [5.74, 6) is 0.218. The predicted molar refractivity (Wildman–Crippen MR) is 66.3 cm³/mol. The van der Waals surface area contributed by atoms with Gasteiger partial charge in [0, 0.05) is 22.5 Å². The van der Waals surface area contributed by atoms with Gasteiger partial charge in [0.05, 0.1) is 12.1 Å². The fourth-order valence-electron chi connectivity index (χ4n) is 2.58. The standard InChI is InChI=1S/C11H17N5O3/c1-11(2,3)19-10(18)16-5-6-4-7(16)8(6)13-9(17)14-15-12/h6-8H,4-5H2,1-3H3,(H,13,17)/t6-,7-,8+/m0/s1. The molecule has 1 aliphatic carbocycles. The van der Waals surface area contributed by atoms with E-state index in [1.165, 1.54) is 0 Å². The number of urea groups is 1. The van der Waals surface area contributed by atoms with Gasteiger partial charge < -0.3 is 15.0 Å². The Bertz CT molecular complexity index is 452. The molecular weight excluding hydrogens is 250 g/mol. The summed E-state index contributed by atoms with van der Waals surface area (Å²) in [4.78, 5) is 27.2. The first-order valence-electron chi connectivity index (χ1n) is 6.17. The van der Waals surface area contributed by atoms with E-state index in [0.717, 1.165) is 6.42 Å². The first-order chi connectivity index (χ1) is 8.81. The highest BCUT2D eigenvalue weighted by atomic mass is 16.6. The summed E-state index contributed by atoms with van der Waals surface area (Å²) >= 11 is 0. The number of amides is 3. The molecule has 2 heterocycles. The van der Waals surface area contributed by atoms with Crippen LogP contribution in [-0.2, 0) is 4.74 Å². The van der Waals surface area contributed by atoms with Gasteiger partial charge in [-0.25, -0.2) is 4.79 Å². The number of carbonyl (C=O) groups is 2. The summed E-state index contributed by atoms with van der Waals surface area (Å²) in [6.45, 7) is 6.01. The van der Waals surface area contributed by atoms with Gasteiger partial charge in [-0.15, -0.1) is 0 Å². The van der Waals surface area contributed by atoms with Crippen LogP contribution in [0.5, 0.6) is 0 Å². The average molecular weight is 267 g/mol. The van der Waals surface area contributed by atoms with Crippen molar-refractivity contribution in [3.05, 3.63) is 10.4 Å². The van der Waals surface area contributed by atoms with Crippen LogP contribution in [0.3, 0.4) is 0 Å². The largest absolute Gasteiger partial charge is 0.444 e. The highest BCUT2D eigenvalue weighted by Crippen LogP contribution is 2.41. The Labute approximate surface area is 110 Å². The highest BCUT2D eigenvalue weighted by Gasteiger charge is 2.55. The number of carbonyl (C=O) groups excluding carboxylic acids is 2. The van der Waals surface area contributed by atoms with E-state index >= 15 is 0 Å². The summed E-state index contributed by atoms with van der Waals surface area (Å²) in [6.07, 6.45) is 0.487. The molecule has 0 radical (unpaired) electrons. The fourth-order valence-corrected chi connectivity index (χ4v) is 2.58. The average Bonchev–Trinajstić information content (AvgIpc) is 2.82. The van der Waals surface area contributed by atoms with Gasteiger partial charge in [0.15, 0.2) is 0 Å². The van der Waals surface area contributed by atoms with Gasteiger partial charge >= 0.3 is 12.1 Å². The Morgan fingerprint density at radius 1 is 1.47 bits per heavy atom. The molecule has 2 aliphatic heterocycles. The van der Waals surface area contributed by atoms with Gasteiger partial charge in [0.1, 0.15) is 5.60 Å². The summed E-state index contributed by atoms with van der Waals surface area (Å²) < 4.78 is 5.31. The number of nitrogens with one attached hydrogen (secondary N) is 1. The highest BCUT2D eigenvalue weighted by molar-refractivity contribution is 5.76. The maximum atomic E-state index is 12.0. The second kappa shape index (κ2) is 4.62. The molecule has 1 saturated carbocycles. The van der Waals surface area contributed by atoms with E-state index in [2.05, 4.69) is 15.3 Å². The molecule has 3 rings (SSSR count). The molecule has 0 spiro atoms. The molecule has 3 aliphatic rings. The Hall–Kier alpha value is -1.95. The van der Waals surface area contributed by atoms with Crippen molar-refractivity contribution >= 4 is 12.1 Å². The quantitative estimate of drug-likeness (QED) is 0.446. The number of rotatable bonds is 1. The third kappa shape index (κ3) is 2.73. The number of fused-ring (bicyclic) bond motifs is 1. The zero-order valence-corrected chi connectivity index (χ0v) is 11.2. The van der Waals surface area contributed by atoms with Crippen LogP contribution in [0.1, 0.15) is 27.2 Å². The van der Waals surface area contributed by atoms with Crippen molar-refractivity contribution in [2.24, 2.45) is 11.0 Å². The van der Waals surface area contributed by atoms with Crippen LogP contribution < -0.4 is 5.32 Å². The molecule has 3 atom stereocenters. The molecule has 8 heteroatoms. The molecular formula is C11H17N5O3. The molecule has 0 aromatic rings. The van der Waals surface area contributed by atoms with Crippen molar-refractivity contribution in [3.8, 4) is 0 Å². The SMILES string of the molecule is CC(C)(C)OC(=O)N1C[C@@H]2C[C@H]1[C@@H]2NC(=O)N=[N+]=[N-]. The molecule has 0 unspecified atom stereocenters. The van der Waals surface area contributed by atoms with Crippen molar-refractivity contribution in [1.82, 2.24) is 10.2 Å². The molecule has 19 heavy (non-hydrogen) atoms. The zero-order valence-electron chi connectivity index (χ0n) is 11.2. The minimum absolute atomic E-state index is 0.0577. The number of nitrogens with zero attached hydrogens (tertiary/aromatic N) is 4. The molecule has 2 saturated heterocycles. The van der Waals surface area contributed by atoms with Crippen molar-refractivity contribution in [3.63, 3.8) is 0 Å². The minimum Gasteiger partial charge on any atom is -0.444 e. The van der Waals surface area contributed by atoms with Crippen molar-refractivity contribution in [2.75, 3.05) is 6.54 Å². The molecule has 2 bridgehead atoms. The summed E-state index contributed by atoms with van der Waals surface area (Å²) in [5, 5.41) is 5.59. The van der Waals surface area contributed by atoms with E-state index in [1.807, 2.05) is 20.8 Å². The first-order valence-corrected chi connectivity index (χ1v) is 6.17. The van der Waals surface area contributed by atoms with Gasteiger partial charge in [-0.2, -0.15) is 0 Å². The lowest BCUT2D eigenvalue weighted by Crippen LogP contribution is -2.55. The third-order valence-corrected chi connectivity index (χ3v) is 3.35. The predicted octanol–water partition coefficient (Wildman–Crippen LogP) is 2.01. The second-order valence-electron chi connectivity index (χ2n) is 5.86. The Balaban J connectivity index is 1.93. The van der Waals surface area contributed by atoms with Crippen LogP contribution >= 0.6 is 0 Å². The lowest BCUT2D eigenvalue weighted by Gasteiger charge is -2.36. The van der Waals surface area contributed by atoms with Crippen LogP contribution in [0, 0.1) is 5.92 Å². The molecule has 3 amide bonds. The maximum absolute atomic E-state index is 12.0. The van der Waals surface area contributed by atoms with E-state index in [-0.39, 0.29) is 24.1 Å². The third-order valence-electron chi connectivity index (χ3n) is 3.35.